The predicted octanol–water partition coefficient (Wildman–Crippen LogP) is -0.793. The predicted molar refractivity (Wildman–Crippen MR) is 70.2 cm³/mol. The van der Waals surface area contributed by atoms with E-state index in [9.17, 15) is 14.4 Å². The molecule has 0 aromatic carbocycles. The molecular weight excluding hydrogens is 266 g/mol. The van der Waals surface area contributed by atoms with Gasteiger partial charge in [0.2, 0.25) is 0 Å². The minimum absolute atomic E-state index is 0.411. The monoisotopic (exact) mass is 287 g/mol. The van der Waals surface area contributed by atoms with Gasteiger partial charge in [-0.1, -0.05) is 0 Å². The number of carbonyl (C=O) groups excluding carboxylic acids is 2. The fourth-order valence-electron chi connectivity index (χ4n) is 2.13. The second-order valence-corrected chi connectivity index (χ2v) is 5.04. The van der Waals surface area contributed by atoms with Gasteiger partial charge in [-0.3, -0.25) is 10.1 Å². The van der Waals surface area contributed by atoms with E-state index in [0.29, 0.717) is 12.5 Å². The first-order valence-electron chi connectivity index (χ1n) is 6.41. The number of rotatable bonds is 6. The zero-order chi connectivity index (χ0) is 15.1. The van der Waals surface area contributed by atoms with Crippen LogP contribution in [0.3, 0.4) is 0 Å². The molecule has 2 N–H and O–H groups in total. The van der Waals surface area contributed by atoms with Gasteiger partial charge in [-0.05, 0) is 25.9 Å². The number of nitrogens with zero attached hydrogens (tertiary/aromatic N) is 2. The van der Waals surface area contributed by atoms with Crippen molar-refractivity contribution in [3.63, 3.8) is 0 Å². The smallest absolute Gasteiger partial charge is 0.329 e. The maximum Gasteiger partial charge on any atom is 0.329 e. The van der Waals surface area contributed by atoms with Crippen molar-refractivity contribution >= 4 is 17.9 Å². The molecule has 0 spiro atoms. The summed E-state index contributed by atoms with van der Waals surface area (Å²) in [6.07, 6.45) is 1.03. The number of carboxylic acids is 1. The summed E-state index contributed by atoms with van der Waals surface area (Å²) in [5, 5.41) is 10.5. The lowest BCUT2D eigenvalue weighted by Gasteiger charge is -2.21. The van der Waals surface area contributed by atoms with Crippen molar-refractivity contribution in [1.82, 2.24) is 15.1 Å². The fraction of sp³-hybridized carbons (Fsp3) is 0.750. The van der Waals surface area contributed by atoms with Crippen LogP contribution in [-0.2, 0) is 14.3 Å². The van der Waals surface area contributed by atoms with Gasteiger partial charge in [-0.25, -0.2) is 9.59 Å². The highest BCUT2D eigenvalue weighted by atomic mass is 16.5. The third-order valence-electron chi connectivity index (χ3n) is 3.07. The zero-order valence-corrected chi connectivity index (χ0v) is 11.8. The quantitative estimate of drug-likeness (QED) is 0.664. The van der Waals surface area contributed by atoms with Gasteiger partial charge in [0.25, 0.3) is 5.91 Å². The highest BCUT2D eigenvalue weighted by Crippen LogP contribution is 2.14. The number of hydrogen-bond acceptors (Lipinski definition) is 5. The molecule has 0 bridgehead atoms. The summed E-state index contributed by atoms with van der Waals surface area (Å²) >= 11 is 0. The van der Waals surface area contributed by atoms with Crippen molar-refractivity contribution in [3.8, 4) is 0 Å². The molecule has 1 fully saturated rings. The summed E-state index contributed by atoms with van der Waals surface area (Å²) < 4.78 is 4.60. The van der Waals surface area contributed by atoms with Crippen molar-refractivity contribution < 1.29 is 24.2 Å². The van der Waals surface area contributed by atoms with Crippen LogP contribution in [0, 0.1) is 5.92 Å². The Labute approximate surface area is 117 Å². The normalized spacial score (nSPS) is 18.8. The van der Waals surface area contributed by atoms with Crippen LogP contribution < -0.4 is 5.32 Å². The van der Waals surface area contributed by atoms with Gasteiger partial charge in [0.05, 0.1) is 0 Å². The Balaban J connectivity index is 2.23. The molecule has 1 aliphatic heterocycles. The van der Waals surface area contributed by atoms with E-state index in [0.717, 1.165) is 19.5 Å². The van der Waals surface area contributed by atoms with Crippen LogP contribution in [0.1, 0.15) is 6.42 Å². The number of amides is 3. The number of carboxylic acid groups (broad SMARTS) is 1. The lowest BCUT2D eigenvalue weighted by atomic mass is 10.1. The first kappa shape index (κ1) is 16.4. The molecule has 0 aliphatic carbocycles. The Morgan fingerprint density at radius 2 is 2.10 bits per heavy atom. The summed E-state index contributed by atoms with van der Waals surface area (Å²) in [5.74, 6) is -1.40. The molecule has 1 rings (SSSR count). The first-order valence-corrected chi connectivity index (χ1v) is 6.41. The number of hydrogen-bond donors (Lipinski definition) is 2. The largest absolute Gasteiger partial charge is 0.480 e. The maximum absolute atomic E-state index is 11.7. The van der Waals surface area contributed by atoms with Gasteiger partial charge in [0, 0.05) is 20.1 Å². The first-order chi connectivity index (χ1) is 9.38. The molecule has 0 saturated carbocycles. The zero-order valence-electron chi connectivity index (χ0n) is 11.8. The number of ether oxygens (including phenoxy) is 1. The fourth-order valence-corrected chi connectivity index (χ4v) is 2.13. The number of aliphatic carboxylic acids is 1. The number of nitrogens with one attached hydrogen (secondary N) is 1. The van der Waals surface area contributed by atoms with Gasteiger partial charge in [0.1, 0.15) is 13.2 Å². The number of imide groups is 1. The van der Waals surface area contributed by atoms with E-state index in [-0.39, 0.29) is 0 Å². The van der Waals surface area contributed by atoms with Crippen LogP contribution in [0.15, 0.2) is 0 Å². The van der Waals surface area contributed by atoms with Gasteiger partial charge in [-0.15, -0.1) is 0 Å². The molecule has 1 unspecified atom stereocenters. The molecule has 8 heteroatoms. The molecule has 8 nitrogen and oxygen atoms in total. The van der Waals surface area contributed by atoms with Crippen molar-refractivity contribution in [2.24, 2.45) is 5.92 Å². The third-order valence-corrected chi connectivity index (χ3v) is 3.07. The summed E-state index contributed by atoms with van der Waals surface area (Å²) in [7, 11) is 3.66. The Morgan fingerprint density at radius 3 is 2.65 bits per heavy atom. The van der Waals surface area contributed by atoms with Gasteiger partial charge < -0.3 is 19.6 Å². The van der Waals surface area contributed by atoms with E-state index < -0.39 is 31.1 Å². The minimum Gasteiger partial charge on any atom is -0.480 e. The van der Waals surface area contributed by atoms with Crippen molar-refractivity contribution in [2.75, 3.05) is 46.9 Å². The topological polar surface area (TPSA) is 99.2 Å². The Bertz CT molecular complexity index is 374. The number of carbonyl (C=O) groups is 3. The molecule has 1 heterocycles. The second kappa shape index (κ2) is 7.81. The SMILES string of the molecule is CN1CCC(CN(C)C(=O)NC(=O)COCC(=O)O)C1. The second-order valence-electron chi connectivity index (χ2n) is 5.04. The number of likely N-dealkylation sites (tertiary alicyclic amines) is 1. The van der Waals surface area contributed by atoms with E-state index in [1.54, 1.807) is 7.05 Å². The molecule has 0 radical (unpaired) electrons. The number of urea groups is 1. The van der Waals surface area contributed by atoms with E-state index >= 15 is 0 Å². The third kappa shape index (κ3) is 5.98. The van der Waals surface area contributed by atoms with Crippen LogP contribution in [0.2, 0.25) is 0 Å². The molecule has 3 amide bonds. The molecule has 20 heavy (non-hydrogen) atoms. The molecule has 0 aromatic heterocycles. The van der Waals surface area contributed by atoms with Gasteiger partial charge >= 0.3 is 12.0 Å². The van der Waals surface area contributed by atoms with Crippen LogP contribution in [0.4, 0.5) is 4.79 Å². The van der Waals surface area contributed by atoms with Crippen LogP contribution >= 0.6 is 0 Å². The minimum atomic E-state index is -1.16. The van der Waals surface area contributed by atoms with Crippen LogP contribution in [0.25, 0.3) is 0 Å². The van der Waals surface area contributed by atoms with E-state index in [1.165, 1.54) is 4.90 Å². The average Bonchev–Trinajstić information content (AvgIpc) is 2.74. The Morgan fingerprint density at radius 1 is 1.40 bits per heavy atom. The van der Waals surface area contributed by atoms with Crippen molar-refractivity contribution in [1.29, 1.82) is 0 Å². The molecule has 0 aromatic rings. The molecule has 1 atom stereocenters. The Hall–Kier alpha value is -1.67. The summed E-state index contributed by atoms with van der Waals surface area (Å²) in [5.41, 5.74) is 0. The highest BCUT2D eigenvalue weighted by molar-refractivity contribution is 5.94. The molecule has 1 saturated heterocycles. The summed E-state index contributed by atoms with van der Waals surface area (Å²) in [6.45, 7) is 1.53. The van der Waals surface area contributed by atoms with E-state index in [2.05, 4.69) is 15.0 Å². The van der Waals surface area contributed by atoms with Gasteiger partial charge in [-0.2, -0.15) is 0 Å². The van der Waals surface area contributed by atoms with Crippen LogP contribution in [0.5, 0.6) is 0 Å². The summed E-state index contributed by atoms with van der Waals surface area (Å²) in [4.78, 5) is 36.9. The van der Waals surface area contributed by atoms with Crippen molar-refractivity contribution in [3.05, 3.63) is 0 Å². The molecule has 114 valence electrons. The lowest BCUT2D eigenvalue weighted by Crippen LogP contribution is -2.44. The Kier molecular flexibility index (Phi) is 6.40. The van der Waals surface area contributed by atoms with Crippen molar-refractivity contribution in [2.45, 2.75) is 6.42 Å². The van der Waals surface area contributed by atoms with E-state index in [4.69, 9.17) is 5.11 Å². The average molecular weight is 287 g/mol. The molecule has 1 aliphatic rings. The standard InChI is InChI=1S/C12H21N3O5/c1-14-4-3-9(5-14)6-15(2)12(19)13-10(16)7-20-8-11(17)18/h9H,3-8H2,1-2H3,(H,17,18)(H,13,16,19). The van der Waals surface area contributed by atoms with Gasteiger partial charge in [0.15, 0.2) is 0 Å². The maximum atomic E-state index is 11.7. The molecular formula is C12H21N3O5. The summed E-state index contributed by atoms with van der Waals surface area (Å²) in [6, 6.07) is -0.497. The van der Waals surface area contributed by atoms with E-state index in [1.807, 2.05) is 7.05 Å². The van der Waals surface area contributed by atoms with Crippen LogP contribution in [-0.4, -0.2) is 79.8 Å². The highest BCUT2D eigenvalue weighted by Gasteiger charge is 2.23. The lowest BCUT2D eigenvalue weighted by molar-refractivity contribution is -0.143.